The molecule has 0 aliphatic carbocycles. The summed E-state index contributed by atoms with van der Waals surface area (Å²) < 4.78 is 5.32. The number of rotatable bonds is 2. The van der Waals surface area contributed by atoms with Gasteiger partial charge in [-0.1, -0.05) is 18.0 Å². The molecule has 1 saturated heterocycles. The van der Waals surface area contributed by atoms with Gasteiger partial charge in [0.15, 0.2) is 6.61 Å². The Hall–Kier alpha value is -1.79. The van der Waals surface area contributed by atoms with Crippen LogP contribution in [-0.2, 0) is 9.59 Å². The molecule has 21 heavy (non-hydrogen) atoms. The first kappa shape index (κ1) is 14.2. The number of carbonyl (C=O) groups excluding carboxylic acids is 2. The Balaban J connectivity index is 1.76. The minimum atomic E-state index is -0.221. The first-order chi connectivity index (χ1) is 10.1. The van der Waals surface area contributed by atoms with Crippen molar-refractivity contribution in [2.45, 2.75) is 25.3 Å². The predicted octanol–water partition coefficient (Wildman–Crippen LogP) is 1.75. The van der Waals surface area contributed by atoms with Crippen molar-refractivity contribution >= 4 is 34.8 Å². The fraction of sp³-hybridized carbons (Fsp3) is 0.429. The maximum absolute atomic E-state index is 12.2. The molecule has 3 N–H and O–H groups in total. The van der Waals surface area contributed by atoms with E-state index in [2.05, 4.69) is 16.0 Å². The molecule has 6 nitrogen and oxygen atoms in total. The molecule has 0 spiro atoms. The van der Waals surface area contributed by atoms with Crippen LogP contribution in [0.25, 0.3) is 0 Å². The van der Waals surface area contributed by atoms with Gasteiger partial charge in [0.05, 0.1) is 22.4 Å². The molecule has 1 fully saturated rings. The fourth-order valence-corrected chi connectivity index (χ4v) is 2.70. The first-order valence-corrected chi connectivity index (χ1v) is 7.32. The van der Waals surface area contributed by atoms with Crippen molar-refractivity contribution in [1.82, 2.24) is 5.32 Å². The van der Waals surface area contributed by atoms with Gasteiger partial charge in [-0.2, -0.15) is 0 Å². The molecule has 0 radical (unpaired) electrons. The molecule has 1 aromatic rings. The highest BCUT2D eigenvalue weighted by molar-refractivity contribution is 6.34. The van der Waals surface area contributed by atoms with Crippen molar-refractivity contribution in [3.05, 3.63) is 17.2 Å². The fourth-order valence-electron chi connectivity index (χ4n) is 2.49. The van der Waals surface area contributed by atoms with E-state index in [0.717, 1.165) is 25.8 Å². The molecule has 3 rings (SSSR count). The van der Waals surface area contributed by atoms with Gasteiger partial charge in [0.1, 0.15) is 5.75 Å². The summed E-state index contributed by atoms with van der Waals surface area (Å²) in [5, 5.41) is 9.03. The summed E-state index contributed by atoms with van der Waals surface area (Å²) in [6, 6.07) is 3.03. The van der Waals surface area contributed by atoms with Gasteiger partial charge in [0, 0.05) is 6.07 Å². The smallest absolute Gasteiger partial charge is 0.262 e. The van der Waals surface area contributed by atoms with E-state index >= 15 is 0 Å². The molecule has 7 heteroatoms. The number of anilines is 2. The largest absolute Gasteiger partial charge is 0.482 e. The molecule has 2 aliphatic rings. The molecule has 0 bridgehead atoms. The second kappa shape index (κ2) is 5.91. The zero-order chi connectivity index (χ0) is 14.8. The highest BCUT2D eigenvalue weighted by atomic mass is 35.5. The molecule has 0 saturated carbocycles. The number of amides is 2. The van der Waals surface area contributed by atoms with E-state index < -0.39 is 0 Å². The van der Waals surface area contributed by atoms with Crippen LogP contribution in [0.1, 0.15) is 19.3 Å². The molecule has 1 atom stereocenters. The van der Waals surface area contributed by atoms with Crippen LogP contribution in [0.15, 0.2) is 12.1 Å². The quantitative estimate of drug-likeness (QED) is 0.777. The molecule has 1 aromatic carbocycles. The predicted molar refractivity (Wildman–Crippen MR) is 79.8 cm³/mol. The zero-order valence-corrected chi connectivity index (χ0v) is 12.1. The van der Waals surface area contributed by atoms with E-state index in [0.29, 0.717) is 22.1 Å². The number of ether oxygens (including phenoxy) is 1. The van der Waals surface area contributed by atoms with Crippen LogP contribution < -0.4 is 20.7 Å². The van der Waals surface area contributed by atoms with Crippen molar-refractivity contribution in [2.75, 3.05) is 23.8 Å². The monoisotopic (exact) mass is 309 g/mol. The average Bonchev–Trinajstić information content (AvgIpc) is 2.49. The molecular weight excluding hydrogens is 294 g/mol. The standard InChI is InChI=1S/C14H16ClN3O3/c15-8-5-11-12(21-7-13(19)17-11)6-10(8)18-14(20)9-3-1-2-4-16-9/h5-6,9,16H,1-4,7H2,(H,17,19)(H,18,20)/t9-/m0/s1. The molecule has 2 heterocycles. The van der Waals surface area contributed by atoms with Crippen LogP contribution >= 0.6 is 11.6 Å². The Labute approximate surface area is 127 Å². The highest BCUT2D eigenvalue weighted by Crippen LogP contribution is 2.36. The molecule has 0 unspecified atom stereocenters. The van der Waals surface area contributed by atoms with Gasteiger partial charge in [0.2, 0.25) is 5.91 Å². The second-order valence-corrected chi connectivity index (χ2v) is 5.56. The topological polar surface area (TPSA) is 79.5 Å². The van der Waals surface area contributed by atoms with Gasteiger partial charge in [-0.25, -0.2) is 0 Å². The summed E-state index contributed by atoms with van der Waals surface area (Å²) in [4.78, 5) is 23.4. The molecular formula is C14H16ClN3O3. The third-order valence-corrected chi connectivity index (χ3v) is 3.90. The third-order valence-electron chi connectivity index (χ3n) is 3.59. The van der Waals surface area contributed by atoms with Gasteiger partial charge < -0.3 is 20.7 Å². The molecule has 2 amide bonds. The van der Waals surface area contributed by atoms with Gasteiger partial charge >= 0.3 is 0 Å². The van der Waals surface area contributed by atoms with Gasteiger partial charge in [0.25, 0.3) is 5.91 Å². The van der Waals surface area contributed by atoms with E-state index in [9.17, 15) is 9.59 Å². The number of benzene rings is 1. The summed E-state index contributed by atoms with van der Waals surface area (Å²) in [6.45, 7) is 0.817. The second-order valence-electron chi connectivity index (χ2n) is 5.16. The van der Waals surface area contributed by atoms with E-state index in [1.807, 2.05) is 0 Å². The Bertz CT molecular complexity index is 585. The van der Waals surface area contributed by atoms with Crippen LogP contribution in [0.3, 0.4) is 0 Å². The third kappa shape index (κ3) is 3.11. The minimum Gasteiger partial charge on any atom is -0.482 e. The normalized spacial score (nSPS) is 21.0. The first-order valence-electron chi connectivity index (χ1n) is 6.94. The highest BCUT2D eigenvalue weighted by Gasteiger charge is 2.23. The number of halogens is 1. The Kier molecular flexibility index (Phi) is 3.98. The van der Waals surface area contributed by atoms with E-state index in [4.69, 9.17) is 16.3 Å². The van der Waals surface area contributed by atoms with Crippen molar-refractivity contribution in [3.8, 4) is 5.75 Å². The van der Waals surface area contributed by atoms with Crippen LogP contribution in [0.5, 0.6) is 5.75 Å². The summed E-state index contributed by atoms with van der Waals surface area (Å²) in [6.07, 6.45) is 2.95. The Morgan fingerprint density at radius 1 is 1.38 bits per heavy atom. The summed E-state index contributed by atoms with van der Waals surface area (Å²) in [5.74, 6) is 0.184. The SMILES string of the molecule is O=C1COc2cc(NC(=O)[C@@H]3CCCCN3)c(Cl)cc2N1. The maximum atomic E-state index is 12.2. The van der Waals surface area contributed by atoms with Crippen molar-refractivity contribution < 1.29 is 14.3 Å². The lowest BCUT2D eigenvalue weighted by Crippen LogP contribution is -2.43. The van der Waals surface area contributed by atoms with Crippen molar-refractivity contribution in [3.63, 3.8) is 0 Å². The lowest BCUT2D eigenvalue weighted by molar-refractivity contribution is -0.119. The zero-order valence-electron chi connectivity index (χ0n) is 11.4. The van der Waals surface area contributed by atoms with E-state index in [-0.39, 0.29) is 24.5 Å². The van der Waals surface area contributed by atoms with E-state index in [1.54, 1.807) is 12.1 Å². The average molecular weight is 310 g/mol. The summed E-state index contributed by atoms with van der Waals surface area (Å²) in [5.41, 5.74) is 1.01. The number of carbonyl (C=O) groups is 2. The lowest BCUT2D eigenvalue weighted by Gasteiger charge is -2.24. The van der Waals surface area contributed by atoms with Crippen LogP contribution in [0, 0.1) is 0 Å². The Morgan fingerprint density at radius 3 is 3.00 bits per heavy atom. The van der Waals surface area contributed by atoms with Crippen LogP contribution in [0.4, 0.5) is 11.4 Å². The number of hydrogen-bond acceptors (Lipinski definition) is 4. The van der Waals surface area contributed by atoms with Crippen LogP contribution in [0.2, 0.25) is 5.02 Å². The van der Waals surface area contributed by atoms with Gasteiger partial charge in [-0.3, -0.25) is 9.59 Å². The molecule has 0 aromatic heterocycles. The summed E-state index contributed by atoms with van der Waals surface area (Å²) >= 11 is 6.15. The number of fused-ring (bicyclic) bond motifs is 1. The molecule has 112 valence electrons. The van der Waals surface area contributed by atoms with Gasteiger partial charge in [-0.15, -0.1) is 0 Å². The molecule has 2 aliphatic heterocycles. The Morgan fingerprint density at radius 2 is 2.24 bits per heavy atom. The lowest BCUT2D eigenvalue weighted by atomic mass is 10.0. The van der Waals surface area contributed by atoms with E-state index in [1.165, 1.54) is 0 Å². The minimum absolute atomic E-state index is 0.0355. The number of nitrogens with one attached hydrogen (secondary N) is 3. The summed E-state index contributed by atoms with van der Waals surface area (Å²) in [7, 11) is 0. The number of hydrogen-bond donors (Lipinski definition) is 3. The van der Waals surface area contributed by atoms with Gasteiger partial charge in [-0.05, 0) is 25.5 Å². The van der Waals surface area contributed by atoms with Crippen molar-refractivity contribution in [2.24, 2.45) is 0 Å². The van der Waals surface area contributed by atoms with Crippen molar-refractivity contribution in [1.29, 1.82) is 0 Å². The number of piperidine rings is 1. The maximum Gasteiger partial charge on any atom is 0.262 e. The van der Waals surface area contributed by atoms with Crippen LogP contribution in [-0.4, -0.2) is 31.0 Å².